The van der Waals surface area contributed by atoms with E-state index in [1.165, 1.54) is 25.7 Å². The Hall–Kier alpha value is -1.08. The Balaban J connectivity index is 1.62. The van der Waals surface area contributed by atoms with Gasteiger partial charge in [0.15, 0.2) is 0 Å². The van der Waals surface area contributed by atoms with Gasteiger partial charge in [-0.3, -0.25) is 9.69 Å². The molecule has 5 nitrogen and oxygen atoms in total. The summed E-state index contributed by atoms with van der Waals surface area (Å²) in [7, 11) is 0. The molecular weight excluding hydrogens is 394 g/mol. The molecule has 30 heavy (non-hydrogen) atoms. The first kappa shape index (κ1) is 23.6. The predicted octanol–water partition coefficient (Wildman–Crippen LogP) is 3.26. The van der Waals surface area contributed by atoms with Crippen LogP contribution in [0.1, 0.15) is 52.9 Å². The quantitative estimate of drug-likeness (QED) is 0.575. The number of piperidine rings is 1. The minimum absolute atomic E-state index is 0.0888. The van der Waals surface area contributed by atoms with Crippen LogP contribution in [-0.4, -0.2) is 58.5 Å². The van der Waals surface area contributed by atoms with Crippen LogP contribution in [0.4, 0.5) is 0 Å². The number of β-amino-alcohol motifs (C(OH)–C–C–N with tert-alkyl or cyclic N) is 1. The van der Waals surface area contributed by atoms with E-state index in [2.05, 4.69) is 22.3 Å². The molecule has 0 radical (unpaired) electrons. The van der Waals surface area contributed by atoms with E-state index >= 15 is 0 Å². The Labute approximate surface area is 186 Å². The molecule has 1 aliphatic heterocycles. The number of hydrogen-bond donors (Lipinski definition) is 3. The fourth-order valence-corrected chi connectivity index (χ4v) is 5.78. The van der Waals surface area contributed by atoms with Gasteiger partial charge in [0, 0.05) is 35.3 Å². The van der Waals surface area contributed by atoms with E-state index in [1.807, 2.05) is 39.0 Å². The third-order valence-corrected chi connectivity index (χ3v) is 7.56. The van der Waals surface area contributed by atoms with Gasteiger partial charge < -0.3 is 16.2 Å². The van der Waals surface area contributed by atoms with Crippen LogP contribution in [0, 0.1) is 11.8 Å². The van der Waals surface area contributed by atoms with Gasteiger partial charge in [0.25, 0.3) is 0 Å². The van der Waals surface area contributed by atoms with Crippen LogP contribution in [-0.2, 0) is 4.79 Å². The van der Waals surface area contributed by atoms with Crippen molar-refractivity contribution in [3.8, 4) is 0 Å². The molecule has 6 heteroatoms. The molecular formula is C24H39N3O2S. The number of carbonyl (C=O) groups excluding carboxylic acids is 1. The number of nitrogens with one attached hydrogen (secondary N) is 1. The summed E-state index contributed by atoms with van der Waals surface area (Å²) >= 11 is 1.67. The third-order valence-electron chi connectivity index (χ3n) is 6.40. The number of nitrogens with zero attached hydrogens (tertiary/aromatic N) is 1. The molecule has 1 aliphatic carbocycles. The molecule has 1 aromatic carbocycles. The molecule has 0 spiro atoms. The molecule has 1 saturated heterocycles. The van der Waals surface area contributed by atoms with Crippen molar-refractivity contribution in [2.75, 3.05) is 18.8 Å². The molecule has 2 aliphatic rings. The lowest BCUT2D eigenvalue weighted by molar-refractivity contribution is -0.132. The molecule has 4 N–H and O–H groups in total. The van der Waals surface area contributed by atoms with Gasteiger partial charge in [0.1, 0.15) is 0 Å². The number of thioether (sulfide) groups is 1. The highest BCUT2D eigenvalue weighted by Gasteiger charge is 2.41. The standard InChI is InChI=1S/C24H39N3O2S/c1-24(2,3)26-23(29)21-13-17-9-7-8-10-18(17)14-27(21)15-22(28)20(25)16-30-19-11-5-4-6-12-19/h4-6,11-12,17-18,20-22,28H,7-10,13-16,25H2,1-3H3,(H,26,29)/t17-,18+,20-,21-,22-/m0/s1. The Morgan fingerprint density at radius 1 is 1.23 bits per heavy atom. The first-order chi connectivity index (χ1) is 14.2. The summed E-state index contributed by atoms with van der Waals surface area (Å²) in [5.74, 6) is 2.01. The SMILES string of the molecule is CC(C)(C)NC(=O)[C@@H]1C[C@@H]2CCCC[C@@H]2CN1C[C@H](O)[C@@H](N)CSc1ccccc1. The average molecular weight is 434 g/mol. The molecule has 5 atom stereocenters. The number of aliphatic hydroxyl groups excluding tert-OH is 1. The van der Waals surface area contributed by atoms with Gasteiger partial charge >= 0.3 is 0 Å². The summed E-state index contributed by atoms with van der Waals surface area (Å²) in [6, 6.07) is 9.64. The van der Waals surface area contributed by atoms with Crippen LogP contribution in [0.5, 0.6) is 0 Å². The summed E-state index contributed by atoms with van der Waals surface area (Å²) < 4.78 is 0. The highest BCUT2D eigenvalue weighted by Crippen LogP contribution is 2.38. The summed E-state index contributed by atoms with van der Waals surface area (Å²) in [5, 5.41) is 14.0. The maximum atomic E-state index is 13.1. The van der Waals surface area contributed by atoms with Gasteiger partial charge in [-0.15, -0.1) is 11.8 Å². The van der Waals surface area contributed by atoms with E-state index < -0.39 is 6.10 Å². The van der Waals surface area contributed by atoms with Crippen LogP contribution < -0.4 is 11.1 Å². The van der Waals surface area contributed by atoms with E-state index in [1.54, 1.807) is 11.8 Å². The monoisotopic (exact) mass is 433 g/mol. The number of carbonyl (C=O) groups is 1. The second kappa shape index (κ2) is 10.5. The number of amides is 1. The van der Waals surface area contributed by atoms with Crippen molar-refractivity contribution in [2.45, 2.75) is 81.5 Å². The minimum atomic E-state index is -0.647. The largest absolute Gasteiger partial charge is 0.390 e. The number of hydrogen-bond acceptors (Lipinski definition) is 5. The third kappa shape index (κ3) is 6.71. The van der Waals surface area contributed by atoms with Crippen LogP contribution in [0.3, 0.4) is 0 Å². The van der Waals surface area contributed by atoms with Crippen LogP contribution >= 0.6 is 11.8 Å². The predicted molar refractivity (Wildman–Crippen MR) is 124 cm³/mol. The van der Waals surface area contributed by atoms with Crippen molar-refractivity contribution in [1.29, 1.82) is 0 Å². The van der Waals surface area contributed by atoms with E-state index in [-0.39, 0.29) is 23.5 Å². The molecule has 1 saturated carbocycles. The van der Waals surface area contributed by atoms with Crippen molar-refractivity contribution in [3.63, 3.8) is 0 Å². The second-order valence-electron chi connectivity index (χ2n) is 10.1. The maximum Gasteiger partial charge on any atom is 0.237 e. The molecule has 2 fully saturated rings. The van der Waals surface area contributed by atoms with E-state index in [0.29, 0.717) is 24.1 Å². The van der Waals surface area contributed by atoms with Gasteiger partial charge in [-0.2, -0.15) is 0 Å². The summed E-state index contributed by atoms with van der Waals surface area (Å²) in [4.78, 5) is 16.5. The zero-order valence-electron chi connectivity index (χ0n) is 18.7. The first-order valence-electron chi connectivity index (χ1n) is 11.4. The molecule has 1 amide bonds. The van der Waals surface area contributed by atoms with Gasteiger partial charge in [-0.1, -0.05) is 37.5 Å². The zero-order chi connectivity index (χ0) is 21.7. The Kier molecular flexibility index (Phi) is 8.24. The van der Waals surface area contributed by atoms with Gasteiger partial charge in [0.2, 0.25) is 5.91 Å². The fourth-order valence-electron chi connectivity index (χ4n) is 4.82. The van der Waals surface area contributed by atoms with Gasteiger partial charge in [-0.05, 0) is 57.6 Å². The van der Waals surface area contributed by atoms with E-state index in [9.17, 15) is 9.90 Å². The molecule has 0 aromatic heterocycles. The number of benzene rings is 1. The Morgan fingerprint density at radius 3 is 2.57 bits per heavy atom. The topological polar surface area (TPSA) is 78.6 Å². The molecule has 1 heterocycles. The minimum Gasteiger partial charge on any atom is -0.390 e. The van der Waals surface area contributed by atoms with Gasteiger partial charge in [-0.25, -0.2) is 0 Å². The first-order valence-corrected chi connectivity index (χ1v) is 12.4. The Bertz CT molecular complexity index is 679. The van der Waals surface area contributed by atoms with Gasteiger partial charge in [0.05, 0.1) is 12.1 Å². The van der Waals surface area contributed by atoms with Crippen LogP contribution in [0.2, 0.25) is 0 Å². The second-order valence-corrected chi connectivity index (χ2v) is 11.2. The van der Waals surface area contributed by atoms with E-state index in [0.717, 1.165) is 17.9 Å². The molecule has 3 rings (SSSR count). The van der Waals surface area contributed by atoms with Crippen molar-refractivity contribution in [3.05, 3.63) is 30.3 Å². The Morgan fingerprint density at radius 2 is 1.90 bits per heavy atom. The number of nitrogens with two attached hydrogens (primary N) is 1. The van der Waals surface area contributed by atoms with Crippen LogP contribution in [0.25, 0.3) is 0 Å². The summed E-state index contributed by atoms with van der Waals surface area (Å²) in [6.45, 7) is 7.41. The maximum absolute atomic E-state index is 13.1. The smallest absolute Gasteiger partial charge is 0.237 e. The molecule has 168 valence electrons. The molecule has 0 unspecified atom stereocenters. The summed E-state index contributed by atoms with van der Waals surface area (Å²) in [5.41, 5.74) is 6.08. The number of rotatable bonds is 7. The normalized spacial score (nSPS) is 27.2. The van der Waals surface area contributed by atoms with Crippen LogP contribution in [0.15, 0.2) is 35.2 Å². The molecule has 0 bridgehead atoms. The zero-order valence-corrected chi connectivity index (χ0v) is 19.5. The van der Waals surface area contributed by atoms with Crippen molar-refractivity contribution >= 4 is 17.7 Å². The highest BCUT2D eigenvalue weighted by molar-refractivity contribution is 7.99. The number of likely N-dealkylation sites (tertiary alicyclic amines) is 1. The van der Waals surface area contributed by atoms with E-state index in [4.69, 9.17) is 5.73 Å². The fraction of sp³-hybridized carbons (Fsp3) is 0.708. The summed E-state index contributed by atoms with van der Waals surface area (Å²) in [6.07, 6.45) is 5.27. The highest BCUT2D eigenvalue weighted by atomic mass is 32.2. The number of aliphatic hydroxyl groups is 1. The average Bonchev–Trinajstić information content (AvgIpc) is 2.71. The molecule has 1 aromatic rings. The van der Waals surface area contributed by atoms with Crippen molar-refractivity contribution in [1.82, 2.24) is 10.2 Å². The number of fused-ring (bicyclic) bond motifs is 1. The lowest BCUT2D eigenvalue weighted by Gasteiger charge is -2.46. The lowest BCUT2D eigenvalue weighted by Crippen LogP contribution is -2.59. The lowest BCUT2D eigenvalue weighted by atomic mass is 9.72. The van der Waals surface area contributed by atoms with Crippen molar-refractivity contribution < 1.29 is 9.90 Å². The van der Waals surface area contributed by atoms with Crippen molar-refractivity contribution in [2.24, 2.45) is 17.6 Å².